The Hall–Kier alpha value is -0.960. The average molecular weight is 182 g/mol. The maximum Gasteiger partial charge on any atom is 0.195 e. The third-order valence-corrected chi connectivity index (χ3v) is 2.14. The lowest BCUT2D eigenvalue weighted by molar-refractivity contribution is 0.474. The van der Waals surface area contributed by atoms with Crippen molar-refractivity contribution in [2.24, 2.45) is 5.73 Å². The summed E-state index contributed by atoms with van der Waals surface area (Å²) < 4.78 is 5.59. The zero-order chi connectivity index (χ0) is 9.84. The standard InChI is InChI=1S/C10H18N2O/c1-4-12(5-2)10-7-6-9(13-10)8(3)11/h6-8H,4-5,11H2,1-3H3/t8-/m1/s1. The minimum atomic E-state index is -0.0238. The second-order valence-corrected chi connectivity index (χ2v) is 3.14. The molecule has 1 rings (SSSR count). The van der Waals surface area contributed by atoms with Crippen molar-refractivity contribution in [3.05, 3.63) is 17.9 Å². The summed E-state index contributed by atoms with van der Waals surface area (Å²) in [6, 6.07) is 3.90. The molecule has 0 saturated carbocycles. The smallest absolute Gasteiger partial charge is 0.195 e. The summed E-state index contributed by atoms with van der Waals surface area (Å²) >= 11 is 0. The van der Waals surface area contributed by atoms with Crippen molar-refractivity contribution in [3.63, 3.8) is 0 Å². The Morgan fingerprint density at radius 2 is 2.00 bits per heavy atom. The second kappa shape index (κ2) is 4.33. The van der Waals surface area contributed by atoms with Gasteiger partial charge in [0, 0.05) is 19.2 Å². The maximum absolute atomic E-state index is 5.70. The molecule has 0 unspecified atom stereocenters. The van der Waals surface area contributed by atoms with E-state index in [1.165, 1.54) is 0 Å². The molecule has 0 bridgehead atoms. The Balaban J connectivity index is 2.78. The van der Waals surface area contributed by atoms with Crippen LogP contribution < -0.4 is 10.6 Å². The Kier molecular flexibility index (Phi) is 3.37. The van der Waals surface area contributed by atoms with Gasteiger partial charge in [-0.15, -0.1) is 0 Å². The molecule has 0 saturated heterocycles. The summed E-state index contributed by atoms with van der Waals surface area (Å²) in [4.78, 5) is 2.16. The second-order valence-electron chi connectivity index (χ2n) is 3.14. The minimum Gasteiger partial charge on any atom is -0.444 e. The van der Waals surface area contributed by atoms with Gasteiger partial charge in [0.25, 0.3) is 0 Å². The molecule has 1 aromatic rings. The highest BCUT2D eigenvalue weighted by molar-refractivity contribution is 5.36. The van der Waals surface area contributed by atoms with Gasteiger partial charge in [-0.2, -0.15) is 0 Å². The lowest BCUT2D eigenvalue weighted by Gasteiger charge is -2.17. The van der Waals surface area contributed by atoms with Crippen molar-refractivity contribution in [3.8, 4) is 0 Å². The third-order valence-electron chi connectivity index (χ3n) is 2.14. The van der Waals surface area contributed by atoms with Gasteiger partial charge in [-0.1, -0.05) is 0 Å². The van der Waals surface area contributed by atoms with Crippen LogP contribution in [0.3, 0.4) is 0 Å². The fourth-order valence-corrected chi connectivity index (χ4v) is 1.29. The van der Waals surface area contributed by atoms with Crippen LogP contribution in [0.15, 0.2) is 16.5 Å². The van der Waals surface area contributed by atoms with E-state index in [0.717, 1.165) is 24.7 Å². The van der Waals surface area contributed by atoms with Crippen molar-refractivity contribution in [1.29, 1.82) is 0 Å². The van der Waals surface area contributed by atoms with Crippen LogP contribution in [0, 0.1) is 0 Å². The molecular formula is C10H18N2O. The van der Waals surface area contributed by atoms with Crippen molar-refractivity contribution in [1.82, 2.24) is 0 Å². The maximum atomic E-state index is 5.70. The highest BCUT2D eigenvalue weighted by Crippen LogP contribution is 2.21. The number of furan rings is 1. The van der Waals surface area contributed by atoms with Crippen molar-refractivity contribution >= 4 is 5.88 Å². The van der Waals surface area contributed by atoms with Gasteiger partial charge in [0.1, 0.15) is 5.76 Å². The van der Waals surface area contributed by atoms with Gasteiger partial charge in [-0.3, -0.25) is 0 Å². The third kappa shape index (κ3) is 2.25. The summed E-state index contributed by atoms with van der Waals surface area (Å²) in [6.45, 7) is 8.06. The Morgan fingerprint density at radius 1 is 1.38 bits per heavy atom. The fraction of sp³-hybridized carbons (Fsp3) is 0.600. The molecule has 0 fully saturated rings. The van der Waals surface area contributed by atoms with Crippen molar-refractivity contribution in [2.75, 3.05) is 18.0 Å². The largest absolute Gasteiger partial charge is 0.444 e. The summed E-state index contributed by atoms with van der Waals surface area (Å²) in [6.07, 6.45) is 0. The lowest BCUT2D eigenvalue weighted by atomic mass is 10.3. The van der Waals surface area contributed by atoms with Crippen LogP contribution >= 0.6 is 0 Å². The van der Waals surface area contributed by atoms with Crippen LogP contribution in [0.4, 0.5) is 5.88 Å². The molecule has 1 heterocycles. The highest BCUT2D eigenvalue weighted by atomic mass is 16.4. The van der Waals surface area contributed by atoms with Gasteiger partial charge >= 0.3 is 0 Å². The molecule has 0 aliphatic heterocycles. The van der Waals surface area contributed by atoms with E-state index in [4.69, 9.17) is 10.2 Å². The topological polar surface area (TPSA) is 42.4 Å². The number of nitrogens with two attached hydrogens (primary N) is 1. The molecule has 0 radical (unpaired) electrons. The zero-order valence-corrected chi connectivity index (χ0v) is 8.58. The Labute approximate surface area is 79.5 Å². The van der Waals surface area contributed by atoms with Gasteiger partial charge < -0.3 is 15.1 Å². The van der Waals surface area contributed by atoms with E-state index in [2.05, 4.69) is 18.7 Å². The van der Waals surface area contributed by atoms with Crippen LogP contribution in [-0.4, -0.2) is 13.1 Å². The van der Waals surface area contributed by atoms with Gasteiger partial charge in [-0.25, -0.2) is 0 Å². The summed E-state index contributed by atoms with van der Waals surface area (Å²) in [7, 11) is 0. The highest BCUT2D eigenvalue weighted by Gasteiger charge is 2.09. The van der Waals surface area contributed by atoms with E-state index in [-0.39, 0.29) is 6.04 Å². The Morgan fingerprint density at radius 3 is 2.38 bits per heavy atom. The molecule has 1 aromatic heterocycles. The number of hydrogen-bond donors (Lipinski definition) is 1. The zero-order valence-electron chi connectivity index (χ0n) is 8.58. The summed E-state index contributed by atoms with van der Waals surface area (Å²) in [5, 5.41) is 0. The van der Waals surface area contributed by atoms with E-state index < -0.39 is 0 Å². The summed E-state index contributed by atoms with van der Waals surface area (Å²) in [5.74, 6) is 1.76. The van der Waals surface area contributed by atoms with Gasteiger partial charge in [0.05, 0.1) is 6.04 Å². The van der Waals surface area contributed by atoms with E-state index in [1.54, 1.807) is 0 Å². The van der Waals surface area contributed by atoms with Crippen molar-refractivity contribution < 1.29 is 4.42 Å². The molecule has 0 aliphatic rings. The van der Waals surface area contributed by atoms with Crippen LogP contribution in [0.25, 0.3) is 0 Å². The molecule has 0 spiro atoms. The first-order chi connectivity index (χ1) is 6.19. The monoisotopic (exact) mass is 182 g/mol. The molecule has 2 N–H and O–H groups in total. The van der Waals surface area contributed by atoms with E-state index >= 15 is 0 Å². The predicted molar refractivity (Wildman–Crippen MR) is 54.9 cm³/mol. The number of anilines is 1. The molecule has 0 aliphatic carbocycles. The van der Waals surface area contributed by atoms with Crippen LogP contribution in [-0.2, 0) is 0 Å². The van der Waals surface area contributed by atoms with Gasteiger partial charge in [0.15, 0.2) is 5.88 Å². The van der Waals surface area contributed by atoms with Crippen molar-refractivity contribution in [2.45, 2.75) is 26.8 Å². The quantitative estimate of drug-likeness (QED) is 0.775. The van der Waals surface area contributed by atoms with E-state index in [0.29, 0.717) is 0 Å². The molecule has 0 aromatic carbocycles. The molecule has 74 valence electrons. The first-order valence-corrected chi connectivity index (χ1v) is 4.79. The van der Waals surface area contributed by atoms with Gasteiger partial charge in [0.2, 0.25) is 0 Å². The number of nitrogens with zero attached hydrogens (tertiary/aromatic N) is 1. The number of rotatable bonds is 4. The first-order valence-electron chi connectivity index (χ1n) is 4.79. The van der Waals surface area contributed by atoms with Crippen LogP contribution in [0.2, 0.25) is 0 Å². The normalized spacial score (nSPS) is 12.9. The molecular weight excluding hydrogens is 164 g/mol. The lowest BCUT2D eigenvalue weighted by Crippen LogP contribution is -2.21. The SMILES string of the molecule is CCN(CC)c1ccc([C@@H](C)N)o1. The summed E-state index contributed by atoms with van der Waals surface area (Å²) in [5.41, 5.74) is 5.70. The van der Waals surface area contributed by atoms with E-state index in [9.17, 15) is 0 Å². The molecule has 1 atom stereocenters. The van der Waals surface area contributed by atoms with E-state index in [1.807, 2.05) is 19.1 Å². The number of hydrogen-bond acceptors (Lipinski definition) is 3. The van der Waals surface area contributed by atoms with Gasteiger partial charge in [-0.05, 0) is 26.8 Å². The fourth-order valence-electron chi connectivity index (χ4n) is 1.29. The molecule has 3 nitrogen and oxygen atoms in total. The molecule has 13 heavy (non-hydrogen) atoms. The predicted octanol–water partition coefficient (Wildman–Crippen LogP) is 2.15. The minimum absolute atomic E-state index is 0.0238. The molecule has 0 amide bonds. The molecule has 3 heteroatoms. The van der Waals surface area contributed by atoms with Crippen LogP contribution in [0.1, 0.15) is 32.6 Å². The first kappa shape index (κ1) is 10.1. The van der Waals surface area contributed by atoms with Crippen LogP contribution in [0.5, 0.6) is 0 Å². The average Bonchev–Trinajstić information content (AvgIpc) is 2.56. The Bertz CT molecular complexity index is 251.